The molecule has 1 unspecified atom stereocenters. The first kappa shape index (κ1) is 14.5. The second-order valence-corrected chi connectivity index (χ2v) is 4.96. The van der Waals surface area contributed by atoms with E-state index in [0.29, 0.717) is 31.4 Å². The molecule has 2 N–H and O–H groups in total. The summed E-state index contributed by atoms with van der Waals surface area (Å²) in [7, 11) is 0. The molecule has 0 spiro atoms. The highest BCUT2D eigenvalue weighted by atomic mass is 16.5. The van der Waals surface area contributed by atoms with Gasteiger partial charge in [0, 0.05) is 19.6 Å². The number of carbonyl (C=O) groups excluding carboxylic acids is 1. The lowest BCUT2D eigenvalue weighted by Crippen LogP contribution is -2.22. The first-order chi connectivity index (χ1) is 8.22. The lowest BCUT2D eigenvalue weighted by atomic mass is 10.0. The Labute approximate surface area is 104 Å². The smallest absolute Gasteiger partial charge is 0.305 e. The van der Waals surface area contributed by atoms with E-state index in [9.17, 15) is 4.79 Å². The van der Waals surface area contributed by atoms with Crippen LogP contribution in [0.1, 0.15) is 39.0 Å². The van der Waals surface area contributed by atoms with Crippen LogP contribution in [0.3, 0.4) is 0 Å². The molecule has 1 rings (SSSR count). The number of nitrogens with two attached hydrogens (primary N) is 1. The van der Waals surface area contributed by atoms with Crippen molar-refractivity contribution in [2.24, 2.45) is 17.6 Å². The number of hydrogen-bond donors (Lipinski definition) is 1. The van der Waals surface area contributed by atoms with Gasteiger partial charge in [-0.2, -0.15) is 0 Å². The largest absolute Gasteiger partial charge is 0.465 e. The van der Waals surface area contributed by atoms with Crippen LogP contribution in [0.15, 0.2) is 0 Å². The number of carbonyl (C=O) groups is 1. The predicted octanol–water partition coefficient (Wildman–Crippen LogP) is 1.72. The van der Waals surface area contributed by atoms with E-state index in [-0.39, 0.29) is 5.97 Å². The third-order valence-electron chi connectivity index (χ3n) is 3.32. The summed E-state index contributed by atoms with van der Waals surface area (Å²) in [6.07, 6.45) is 4.40. The average Bonchev–Trinajstić information content (AvgIpc) is 2.35. The van der Waals surface area contributed by atoms with Crippen molar-refractivity contribution in [3.63, 3.8) is 0 Å². The predicted molar refractivity (Wildman–Crippen MR) is 66.6 cm³/mol. The van der Waals surface area contributed by atoms with Crippen LogP contribution in [0.25, 0.3) is 0 Å². The molecule has 0 bridgehead atoms. The maximum atomic E-state index is 11.5. The summed E-state index contributed by atoms with van der Waals surface area (Å²) in [6.45, 7) is 4.98. The molecule has 0 radical (unpaired) electrons. The Morgan fingerprint density at radius 3 is 2.76 bits per heavy atom. The summed E-state index contributed by atoms with van der Waals surface area (Å²) in [5.74, 6) is 0.935. The number of rotatable bonds is 7. The zero-order valence-corrected chi connectivity index (χ0v) is 10.8. The zero-order valence-electron chi connectivity index (χ0n) is 10.8. The van der Waals surface area contributed by atoms with Gasteiger partial charge in [0.2, 0.25) is 0 Å². The first-order valence-electron chi connectivity index (χ1n) is 6.65. The second kappa shape index (κ2) is 8.48. The van der Waals surface area contributed by atoms with Gasteiger partial charge in [-0.3, -0.25) is 4.79 Å². The zero-order chi connectivity index (χ0) is 12.5. The van der Waals surface area contributed by atoms with E-state index in [1.165, 1.54) is 0 Å². The monoisotopic (exact) mass is 243 g/mol. The summed E-state index contributed by atoms with van der Waals surface area (Å²) in [5.41, 5.74) is 5.46. The van der Waals surface area contributed by atoms with Crippen LogP contribution in [0.5, 0.6) is 0 Å². The highest BCUT2D eigenvalue weighted by Crippen LogP contribution is 2.16. The van der Waals surface area contributed by atoms with Gasteiger partial charge in [0.05, 0.1) is 6.61 Å². The fourth-order valence-electron chi connectivity index (χ4n) is 1.99. The summed E-state index contributed by atoms with van der Waals surface area (Å²) in [6, 6.07) is 0. The maximum Gasteiger partial charge on any atom is 0.305 e. The third kappa shape index (κ3) is 6.64. The summed E-state index contributed by atoms with van der Waals surface area (Å²) in [4.78, 5) is 11.5. The fourth-order valence-corrected chi connectivity index (χ4v) is 1.99. The van der Waals surface area contributed by atoms with Crippen LogP contribution in [0.4, 0.5) is 0 Å². The number of ether oxygens (including phenoxy) is 2. The Hall–Kier alpha value is -0.610. The van der Waals surface area contributed by atoms with Crippen molar-refractivity contribution in [1.29, 1.82) is 0 Å². The molecule has 1 heterocycles. The lowest BCUT2D eigenvalue weighted by Gasteiger charge is -2.21. The van der Waals surface area contributed by atoms with Crippen LogP contribution < -0.4 is 5.73 Å². The fraction of sp³-hybridized carbons (Fsp3) is 0.923. The summed E-state index contributed by atoms with van der Waals surface area (Å²) < 4.78 is 10.5. The molecule has 0 amide bonds. The first-order valence-corrected chi connectivity index (χ1v) is 6.65. The molecular formula is C13H25NO3. The average molecular weight is 243 g/mol. The third-order valence-corrected chi connectivity index (χ3v) is 3.32. The van der Waals surface area contributed by atoms with Gasteiger partial charge in [-0.25, -0.2) is 0 Å². The molecule has 1 aliphatic rings. The van der Waals surface area contributed by atoms with Gasteiger partial charge < -0.3 is 15.2 Å². The molecule has 4 nitrogen and oxygen atoms in total. The van der Waals surface area contributed by atoms with Crippen molar-refractivity contribution in [3.8, 4) is 0 Å². The SMILES string of the molecule is CC(CCN)CCC(=O)OCC1CCOCC1. The van der Waals surface area contributed by atoms with Crippen molar-refractivity contribution >= 4 is 5.97 Å². The van der Waals surface area contributed by atoms with E-state index in [2.05, 4.69) is 6.92 Å². The van der Waals surface area contributed by atoms with Gasteiger partial charge in [0.15, 0.2) is 0 Å². The van der Waals surface area contributed by atoms with Gasteiger partial charge in [-0.15, -0.1) is 0 Å². The minimum absolute atomic E-state index is 0.0691. The van der Waals surface area contributed by atoms with E-state index in [4.69, 9.17) is 15.2 Å². The molecule has 17 heavy (non-hydrogen) atoms. The van der Waals surface area contributed by atoms with Crippen molar-refractivity contribution < 1.29 is 14.3 Å². The maximum absolute atomic E-state index is 11.5. The Kier molecular flexibility index (Phi) is 7.21. The van der Waals surface area contributed by atoms with E-state index < -0.39 is 0 Å². The van der Waals surface area contributed by atoms with E-state index >= 15 is 0 Å². The van der Waals surface area contributed by atoms with Gasteiger partial charge in [0.25, 0.3) is 0 Å². The van der Waals surface area contributed by atoms with Gasteiger partial charge in [-0.1, -0.05) is 6.92 Å². The number of hydrogen-bond acceptors (Lipinski definition) is 4. The molecule has 0 aromatic heterocycles. The quantitative estimate of drug-likeness (QED) is 0.692. The van der Waals surface area contributed by atoms with Crippen LogP contribution in [0, 0.1) is 11.8 Å². The van der Waals surface area contributed by atoms with Crippen molar-refractivity contribution in [2.45, 2.75) is 39.0 Å². The highest BCUT2D eigenvalue weighted by Gasteiger charge is 2.16. The molecule has 1 atom stereocenters. The van der Waals surface area contributed by atoms with Crippen molar-refractivity contribution in [3.05, 3.63) is 0 Å². The minimum atomic E-state index is -0.0691. The molecule has 1 aliphatic heterocycles. The van der Waals surface area contributed by atoms with Crippen LogP contribution in [-0.4, -0.2) is 32.3 Å². The lowest BCUT2D eigenvalue weighted by molar-refractivity contribution is -0.146. The summed E-state index contributed by atoms with van der Waals surface area (Å²) >= 11 is 0. The summed E-state index contributed by atoms with van der Waals surface area (Å²) in [5, 5.41) is 0. The molecule has 0 saturated carbocycles. The molecule has 0 aliphatic carbocycles. The van der Waals surface area contributed by atoms with E-state index in [1.807, 2.05) is 0 Å². The Bertz CT molecular complexity index is 215. The molecule has 0 aromatic rings. The molecular weight excluding hydrogens is 218 g/mol. The Morgan fingerprint density at radius 2 is 2.12 bits per heavy atom. The highest BCUT2D eigenvalue weighted by molar-refractivity contribution is 5.69. The van der Waals surface area contributed by atoms with Crippen molar-refractivity contribution in [2.75, 3.05) is 26.4 Å². The normalized spacial score (nSPS) is 18.9. The topological polar surface area (TPSA) is 61.6 Å². The second-order valence-electron chi connectivity index (χ2n) is 4.96. The van der Waals surface area contributed by atoms with Crippen LogP contribution >= 0.6 is 0 Å². The molecule has 1 saturated heterocycles. The van der Waals surface area contributed by atoms with E-state index in [1.54, 1.807) is 0 Å². The standard InChI is InChI=1S/C13H25NO3/c1-11(4-7-14)2-3-13(15)17-10-12-5-8-16-9-6-12/h11-12H,2-10,14H2,1H3. The molecule has 1 fully saturated rings. The Morgan fingerprint density at radius 1 is 1.41 bits per heavy atom. The van der Waals surface area contributed by atoms with E-state index in [0.717, 1.165) is 38.9 Å². The number of esters is 1. The van der Waals surface area contributed by atoms with Gasteiger partial charge >= 0.3 is 5.97 Å². The van der Waals surface area contributed by atoms with Crippen molar-refractivity contribution in [1.82, 2.24) is 0 Å². The van der Waals surface area contributed by atoms with Gasteiger partial charge in [0.1, 0.15) is 0 Å². The van der Waals surface area contributed by atoms with Gasteiger partial charge in [-0.05, 0) is 44.1 Å². The molecule has 4 heteroatoms. The Balaban J connectivity index is 2.04. The molecule has 0 aromatic carbocycles. The van der Waals surface area contributed by atoms with Crippen LogP contribution in [-0.2, 0) is 14.3 Å². The minimum Gasteiger partial charge on any atom is -0.465 e. The van der Waals surface area contributed by atoms with Crippen LogP contribution in [0.2, 0.25) is 0 Å². The molecule has 100 valence electrons.